The molecule has 7 nitrogen and oxygen atoms in total. The molecule has 0 atom stereocenters. The van der Waals surface area contributed by atoms with E-state index in [0.717, 1.165) is 12.1 Å². The molecule has 3 rings (SSSR count). The Balaban J connectivity index is 1.95. The van der Waals surface area contributed by atoms with E-state index in [2.05, 4.69) is 10.3 Å². The van der Waals surface area contributed by atoms with Crippen LogP contribution in [0.1, 0.15) is 27.3 Å². The number of alkyl halides is 3. The lowest BCUT2D eigenvalue weighted by Gasteiger charge is -2.12. The summed E-state index contributed by atoms with van der Waals surface area (Å²) < 4.78 is 45.7. The average molecular weight is 435 g/mol. The van der Waals surface area contributed by atoms with Gasteiger partial charge in [0.1, 0.15) is 12.4 Å². The summed E-state index contributed by atoms with van der Waals surface area (Å²) >= 11 is 0. The Morgan fingerprint density at radius 1 is 1.19 bits per heavy atom. The van der Waals surface area contributed by atoms with E-state index in [0.29, 0.717) is 28.8 Å². The molecule has 0 saturated carbocycles. The number of halogens is 3. The predicted octanol–water partition coefficient (Wildman–Crippen LogP) is 3.11. The van der Waals surface area contributed by atoms with E-state index >= 15 is 0 Å². The third-order valence-electron chi connectivity index (χ3n) is 4.62. The third kappa shape index (κ3) is 5.40. The van der Waals surface area contributed by atoms with Crippen LogP contribution in [0, 0.1) is 0 Å². The number of aromatic nitrogens is 2. The molecule has 0 radical (unpaired) electrons. The second kappa shape index (κ2) is 9.17. The average Bonchev–Trinajstić information content (AvgIpc) is 3.04. The third-order valence-corrected chi connectivity index (χ3v) is 4.62. The normalized spacial score (nSPS) is 11.6. The number of rotatable bonds is 8. The number of benzene rings is 2. The molecule has 3 aromatic rings. The number of nitrogens with zero attached hydrogens (tertiary/aromatic N) is 2. The van der Waals surface area contributed by atoms with Gasteiger partial charge in [-0.2, -0.15) is 13.2 Å². The van der Waals surface area contributed by atoms with Crippen molar-refractivity contribution in [3.8, 4) is 0 Å². The van der Waals surface area contributed by atoms with Gasteiger partial charge in [0, 0.05) is 26.6 Å². The van der Waals surface area contributed by atoms with Crippen LogP contribution in [0.2, 0.25) is 0 Å². The second-order valence-electron chi connectivity index (χ2n) is 6.85. The zero-order valence-electron chi connectivity index (χ0n) is 16.6. The second-order valence-corrected chi connectivity index (χ2v) is 6.85. The molecule has 0 aliphatic heterocycles. The van der Waals surface area contributed by atoms with E-state index in [9.17, 15) is 27.9 Å². The van der Waals surface area contributed by atoms with Gasteiger partial charge in [-0.25, -0.2) is 9.78 Å². The lowest BCUT2D eigenvalue weighted by atomic mass is 10.1. The molecule has 0 aliphatic carbocycles. The molecule has 2 aromatic carbocycles. The van der Waals surface area contributed by atoms with Crippen LogP contribution in [-0.2, 0) is 28.7 Å². The number of carboxylic acid groups (broad SMARTS) is 1. The van der Waals surface area contributed by atoms with Crippen molar-refractivity contribution in [2.75, 3.05) is 20.3 Å². The van der Waals surface area contributed by atoms with Crippen molar-refractivity contribution in [2.24, 2.45) is 0 Å². The number of hydrogen-bond acceptors (Lipinski definition) is 4. The molecule has 1 aromatic heterocycles. The number of carbonyl (C=O) groups is 2. The summed E-state index contributed by atoms with van der Waals surface area (Å²) in [6.07, 6.45) is -4.16. The van der Waals surface area contributed by atoms with E-state index in [1.165, 1.54) is 25.3 Å². The Bertz CT molecular complexity index is 1110. The topological polar surface area (TPSA) is 93.4 Å². The van der Waals surface area contributed by atoms with E-state index in [-0.39, 0.29) is 31.2 Å². The SMILES string of the molecule is COCC(=O)NCCc1nc2cc(C(=O)O)ccc2n1Cc1cccc(C(F)(F)F)c1. The highest BCUT2D eigenvalue weighted by Crippen LogP contribution is 2.30. The fraction of sp³-hybridized carbons (Fsp3) is 0.286. The maximum atomic E-state index is 13.1. The van der Waals surface area contributed by atoms with Crippen molar-refractivity contribution in [3.63, 3.8) is 0 Å². The van der Waals surface area contributed by atoms with Crippen LogP contribution in [0.15, 0.2) is 42.5 Å². The van der Waals surface area contributed by atoms with Crippen molar-refractivity contribution < 1.29 is 32.6 Å². The van der Waals surface area contributed by atoms with Crippen molar-refractivity contribution in [1.29, 1.82) is 0 Å². The maximum Gasteiger partial charge on any atom is 0.416 e. The van der Waals surface area contributed by atoms with Crippen LogP contribution < -0.4 is 5.32 Å². The summed E-state index contributed by atoms with van der Waals surface area (Å²) in [5, 5.41) is 11.9. The first-order chi connectivity index (χ1) is 14.7. The van der Waals surface area contributed by atoms with Gasteiger partial charge in [-0.15, -0.1) is 0 Å². The minimum absolute atomic E-state index is 0.0520. The number of imidazole rings is 1. The number of fused-ring (bicyclic) bond motifs is 1. The zero-order chi connectivity index (χ0) is 22.6. The smallest absolute Gasteiger partial charge is 0.416 e. The van der Waals surface area contributed by atoms with Crippen LogP contribution in [-0.4, -0.2) is 46.8 Å². The summed E-state index contributed by atoms with van der Waals surface area (Å²) in [6, 6.07) is 9.39. The first-order valence-corrected chi connectivity index (χ1v) is 9.33. The van der Waals surface area contributed by atoms with Crippen molar-refractivity contribution >= 4 is 22.9 Å². The molecule has 0 saturated heterocycles. The van der Waals surface area contributed by atoms with Gasteiger partial charge in [-0.05, 0) is 35.9 Å². The molecule has 164 valence electrons. The Morgan fingerprint density at radius 3 is 2.65 bits per heavy atom. The molecule has 31 heavy (non-hydrogen) atoms. The van der Waals surface area contributed by atoms with Gasteiger partial charge in [0.25, 0.3) is 0 Å². The first kappa shape index (κ1) is 22.3. The number of aromatic carboxylic acids is 1. The first-order valence-electron chi connectivity index (χ1n) is 9.33. The molecular formula is C21H20F3N3O4. The molecule has 0 unspecified atom stereocenters. The fourth-order valence-electron chi connectivity index (χ4n) is 3.20. The highest BCUT2D eigenvalue weighted by Gasteiger charge is 2.30. The minimum atomic E-state index is -4.46. The summed E-state index contributed by atoms with van der Waals surface area (Å²) in [4.78, 5) is 27.3. The van der Waals surface area contributed by atoms with Crippen LogP contribution in [0.4, 0.5) is 13.2 Å². The van der Waals surface area contributed by atoms with Crippen molar-refractivity contribution in [1.82, 2.24) is 14.9 Å². The maximum absolute atomic E-state index is 13.1. The number of amides is 1. The molecular weight excluding hydrogens is 415 g/mol. The molecule has 0 spiro atoms. The number of nitrogens with one attached hydrogen (secondary N) is 1. The van der Waals surface area contributed by atoms with Crippen molar-refractivity contribution in [3.05, 3.63) is 65.0 Å². The molecule has 1 amide bonds. The van der Waals surface area contributed by atoms with Crippen LogP contribution in [0.25, 0.3) is 11.0 Å². The summed E-state index contributed by atoms with van der Waals surface area (Å²) in [7, 11) is 1.40. The summed E-state index contributed by atoms with van der Waals surface area (Å²) in [5.74, 6) is -0.911. The van der Waals surface area contributed by atoms with Gasteiger partial charge in [0.15, 0.2) is 0 Å². The van der Waals surface area contributed by atoms with Gasteiger partial charge < -0.3 is 19.7 Å². The van der Waals surface area contributed by atoms with Gasteiger partial charge >= 0.3 is 12.1 Å². The highest BCUT2D eigenvalue weighted by atomic mass is 19.4. The van der Waals surface area contributed by atoms with E-state index < -0.39 is 17.7 Å². The number of methoxy groups -OCH3 is 1. The Labute approximate surface area is 175 Å². The van der Waals surface area contributed by atoms with E-state index in [1.54, 1.807) is 16.7 Å². The Kier molecular flexibility index (Phi) is 6.59. The van der Waals surface area contributed by atoms with Gasteiger partial charge in [0.05, 0.1) is 22.2 Å². The molecule has 0 aliphatic rings. The monoisotopic (exact) mass is 435 g/mol. The lowest BCUT2D eigenvalue weighted by Crippen LogP contribution is -2.29. The van der Waals surface area contributed by atoms with Crippen LogP contribution >= 0.6 is 0 Å². The number of carbonyl (C=O) groups excluding carboxylic acids is 1. The zero-order valence-corrected chi connectivity index (χ0v) is 16.6. The van der Waals surface area contributed by atoms with Gasteiger partial charge in [-0.1, -0.05) is 12.1 Å². The summed E-state index contributed by atoms with van der Waals surface area (Å²) in [5.41, 5.74) is 0.707. The summed E-state index contributed by atoms with van der Waals surface area (Å²) in [6.45, 7) is 0.247. The number of carboxylic acids is 1. The fourth-order valence-corrected chi connectivity index (χ4v) is 3.20. The van der Waals surface area contributed by atoms with Crippen LogP contribution in [0.3, 0.4) is 0 Å². The van der Waals surface area contributed by atoms with Gasteiger partial charge in [0.2, 0.25) is 5.91 Å². The standard InChI is InChI=1S/C21H20F3N3O4/c1-31-12-19(28)25-8-7-18-26-16-10-14(20(29)30)5-6-17(16)27(18)11-13-3-2-4-15(9-13)21(22,23)24/h2-6,9-10H,7-8,11-12H2,1H3,(H,25,28)(H,29,30). The number of hydrogen-bond donors (Lipinski definition) is 2. The quantitative estimate of drug-likeness (QED) is 0.567. The van der Waals surface area contributed by atoms with E-state index in [4.69, 9.17) is 4.74 Å². The van der Waals surface area contributed by atoms with Gasteiger partial charge in [-0.3, -0.25) is 4.79 Å². The lowest BCUT2D eigenvalue weighted by molar-refractivity contribution is -0.137. The highest BCUT2D eigenvalue weighted by molar-refractivity contribution is 5.92. The van der Waals surface area contributed by atoms with E-state index in [1.807, 2.05) is 0 Å². The minimum Gasteiger partial charge on any atom is -0.478 e. The van der Waals surface area contributed by atoms with Crippen LogP contribution in [0.5, 0.6) is 0 Å². The molecule has 0 fully saturated rings. The predicted molar refractivity (Wildman–Crippen MR) is 106 cm³/mol. The number of ether oxygens (including phenoxy) is 1. The van der Waals surface area contributed by atoms with Crippen molar-refractivity contribution in [2.45, 2.75) is 19.1 Å². The Morgan fingerprint density at radius 2 is 1.97 bits per heavy atom. The molecule has 0 bridgehead atoms. The Hall–Kier alpha value is -3.40. The largest absolute Gasteiger partial charge is 0.478 e. The molecule has 2 N–H and O–H groups in total. The molecule has 1 heterocycles. The molecule has 10 heteroatoms.